The standard InChI is InChI=1S/C15H19F3N6/c1-24(2)8-4-7-19-13-10-20-23-14(22-13)21-12-6-3-5-11(9-12)15(16,17)18/h3,5-6,9-10H,4,7-8H2,1-2H3,(H2,19,21,22,23). The fourth-order valence-corrected chi connectivity index (χ4v) is 1.96. The monoisotopic (exact) mass is 340 g/mol. The fraction of sp³-hybridized carbons (Fsp3) is 0.400. The summed E-state index contributed by atoms with van der Waals surface area (Å²) in [7, 11) is 3.98. The molecule has 130 valence electrons. The third-order valence-corrected chi connectivity index (χ3v) is 3.09. The molecule has 2 rings (SSSR count). The van der Waals surface area contributed by atoms with Gasteiger partial charge in [0.15, 0.2) is 5.82 Å². The van der Waals surface area contributed by atoms with E-state index in [9.17, 15) is 13.2 Å². The van der Waals surface area contributed by atoms with Gasteiger partial charge in [-0.1, -0.05) is 6.07 Å². The summed E-state index contributed by atoms with van der Waals surface area (Å²) in [5, 5.41) is 13.4. The van der Waals surface area contributed by atoms with E-state index in [-0.39, 0.29) is 11.6 Å². The van der Waals surface area contributed by atoms with Gasteiger partial charge in [-0.25, -0.2) is 0 Å². The molecule has 0 saturated carbocycles. The highest BCUT2D eigenvalue weighted by atomic mass is 19.4. The van der Waals surface area contributed by atoms with Crippen LogP contribution in [-0.2, 0) is 6.18 Å². The molecule has 0 spiro atoms. The van der Waals surface area contributed by atoms with E-state index < -0.39 is 11.7 Å². The predicted molar refractivity (Wildman–Crippen MR) is 86.2 cm³/mol. The lowest BCUT2D eigenvalue weighted by molar-refractivity contribution is -0.137. The second kappa shape index (κ2) is 7.91. The van der Waals surface area contributed by atoms with Crippen molar-refractivity contribution >= 4 is 17.5 Å². The van der Waals surface area contributed by atoms with Crippen LogP contribution >= 0.6 is 0 Å². The van der Waals surface area contributed by atoms with Crippen molar-refractivity contribution in [1.82, 2.24) is 20.1 Å². The molecule has 1 aromatic heterocycles. The first-order valence-electron chi connectivity index (χ1n) is 7.37. The van der Waals surface area contributed by atoms with Crippen LogP contribution in [0.15, 0.2) is 30.5 Å². The molecule has 9 heteroatoms. The summed E-state index contributed by atoms with van der Waals surface area (Å²) in [6.45, 7) is 1.64. The van der Waals surface area contributed by atoms with Crippen molar-refractivity contribution in [2.45, 2.75) is 12.6 Å². The largest absolute Gasteiger partial charge is 0.416 e. The lowest BCUT2D eigenvalue weighted by atomic mass is 10.2. The van der Waals surface area contributed by atoms with Crippen molar-refractivity contribution in [3.05, 3.63) is 36.0 Å². The zero-order valence-electron chi connectivity index (χ0n) is 13.4. The van der Waals surface area contributed by atoms with Crippen LogP contribution in [0.3, 0.4) is 0 Å². The molecule has 0 unspecified atom stereocenters. The van der Waals surface area contributed by atoms with Crippen molar-refractivity contribution < 1.29 is 13.2 Å². The van der Waals surface area contributed by atoms with Gasteiger partial charge >= 0.3 is 6.18 Å². The van der Waals surface area contributed by atoms with Gasteiger partial charge in [0.25, 0.3) is 0 Å². The Labute approximate surface area is 138 Å². The van der Waals surface area contributed by atoms with Crippen LogP contribution in [0, 0.1) is 0 Å². The van der Waals surface area contributed by atoms with Gasteiger partial charge in [-0.3, -0.25) is 0 Å². The lowest BCUT2D eigenvalue weighted by Gasteiger charge is -2.11. The Hall–Kier alpha value is -2.42. The predicted octanol–water partition coefficient (Wildman–Crippen LogP) is 3.00. The Morgan fingerprint density at radius 3 is 2.71 bits per heavy atom. The van der Waals surface area contributed by atoms with Crippen molar-refractivity contribution in [2.75, 3.05) is 37.8 Å². The van der Waals surface area contributed by atoms with Crippen LogP contribution in [0.5, 0.6) is 0 Å². The number of alkyl halides is 3. The van der Waals surface area contributed by atoms with E-state index in [1.54, 1.807) is 0 Å². The van der Waals surface area contributed by atoms with E-state index in [0.717, 1.165) is 25.1 Å². The van der Waals surface area contributed by atoms with Crippen molar-refractivity contribution in [2.24, 2.45) is 0 Å². The molecule has 6 nitrogen and oxygen atoms in total. The Morgan fingerprint density at radius 1 is 1.21 bits per heavy atom. The maximum Gasteiger partial charge on any atom is 0.416 e. The number of nitrogens with zero attached hydrogens (tertiary/aromatic N) is 4. The molecule has 0 radical (unpaired) electrons. The summed E-state index contributed by atoms with van der Waals surface area (Å²) in [6.07, 6.45) is -2.01. The van der Waals surface area contributed by atoms with Crippen LogP contribution < -0.4 is 10.6 Å². The number of nitrogens with one attached hydrogen (secondary N) is 2. The minimum atomic E-state index is -4.40. The Bertz CT molecular complexity index is 660. The van der Waals surface area contributed by atoms with Gasteiger partial charge in [-0.05, 0) is 45.3 Å². The van der Waals surface area contributed by atoms with Gasteiger partial charge in [0.1, 0.15) is 0 Å². The minimum absolute atomic E-state index is 0.131. The number of hydrogen-bond acceptors (Lipinski definition) is 6. The molecule has 1 aromatic carbocycles. The third-order valence-electron chi connectivity index (χ3n) is 3.09. The molecule has 0 aliphatic rings. The van der Waals surface area contributed by atoms with Crippen molar-refractivity contribution in [3.8, 4) is 0 Å². The summed E-state index contributed by atoms with van der Waals surface area (Å²) in [6, 6.07) is 4.84. The molecule has 0 saturated heterocycles. The number of anilines is 3. The normalized spacial score (nSPS) is 11.6. The van der Waals surface area contributed by atoms with E-state index in [1.165, 1.54) is 18.3 Å². The molecule has 0 aliphatic heterocycles. The molecule has 2 aromatic rings. The highest BCUT2D eigenvalue weighted by Crippen LogP contribution is 2.31. The van der Waals surface area contributed by atoms with Gasteiger partial charge in [0.05, 0.1) is 11.8 Å². The van der Waals surface area contributed by atoms with Crippen molar-refractivity contribution in [3.63, 3.8) is 0 Å². The van der Waals surface area contributed by atoms with Crippen LogP contribution in [-0.4, -0.2) is 47.3 Å². The topological polar surface area (TPSA) is 66.0 Å². The molecule has 0 atom stereocenters. The van der Waals surface area contributed by atoms with Crippen molar-refractivity contribution in [1.29, 1.82) is 0 Å². The molecule has 2 N–H and O–H groups in total. The molecule has 0 aliphatic carbocycles. The maximum atomic E-state index is 12.7. The fourth-order valence-electron chi connectivity index (χ4n) is 1.96. The maximum absolute atomic E-state index is 12.7. The van der Waals surface area contributed by atoms with E-state index >= 15 is 0 Å². The smallest absolute Gasteiger partial charge is 0.369 e. The number of halogens is 3. The number of benzene rings is 1. The molecular formula is C15H19F3N6. The zero-order chi connectivity index (χ0) is 17.6. The van der Waals surface area contributed by atoms with E-state index in [0.29, 0.717) is 12.4 Å². The second-order valence-electron chi connectivity index (χ2n) is 5.45. The van der Waals surface area contributed by atoms with Gasteiger partial charge in [-0.15, -0.1) is 5.10 Å². The number of rotatable bonds is 7. The van der Waals surface area contributed by atoms with Crippen LogP contribution in [0.1, 0.15) is 12.0 Å². The van der Waals surface area contributed by atoms with Gasteiger partial charge in [0, 0.05) is 12.2 Å². The minimum Gasteiger partial charge on any atom is -0.369 e. The first-order chi connectivity index (χ1) is 11.3. The summed E-state index contributed by atoms with van der Waals surface area (Å²) < 4.78 is 38.1. The Kier molecular flexibility index (Phi) is 5.91. The molecule has 0 fully saturated rings. The first-order valence-corrected chi connectivity index (χ1v) is 7.37. The van der Waals surface area contributed by atoms with E-state index in [1.807, 2.05) is 14.1 Å². The van der Waals surface area contributed by atoms with Crippen LogP contribution in [0.4, 0.5) is 30.6 Å². The van der Waals surface area contributed by atoms with E-state index in [2.05, 4.69) is 30.7 Å². The summed E-state index contributed by atoms with van der Waals surface area (Å²) in [4.78, 5) is 6.26. The van der Waals surface area contributed by atoms with Crippen LogP contribution in [0.2, 0.25) is 0 Å². The molecule has 0 bridgehead atoms. The third kappa shape index (κ3) is 5.65. The lowest BCUT2D eigenvalue weighted by Crippen LogP contribution is -2.17. The summed E-state index contributed by atoms with van der Waals surface area (Å²) in [5.41, 5.74) is -0.491. The first kappa shape index (κ1) is 17.9. The van der Waals surface area contributed by atoms with Crippen LogP contribution in [0.25, 0.3) is 0 Å². The molecule has 1 heterocycles. The molecule has 0 amide bonds. The summed E-state index contributed by atoms with van der Waals surface area (Å²) >= 11 is 0. The quantitative estimate of drug-likeness (QED) is 0.756. The van der Waals surface area contributed by atoms with Gasteiger partial charge in [-0.2, -0.15) is 23.3 Å². The van der Waals surface area contributed by atoms with Gasteiger partial charge < -0.3 is 15.5 Å². The molecule has 24 heavy (non-hydrogen) atoms. The Morgan fingerprint density at radius 2 is 2.00 bits per heavy atom. The second-order valence-corrected chi connectivity index (χ2v) is 5.45. The van der Waals surface area contributed by atoms with E-state index in [4.69, 9.17) is 0 Å². The highest BCUT2D eigenvalue weighted by Gasteiger charge is 2.30. The van der Waals surface area contributed by atoms with Gasteiger partial charge in [0.2, 0.25) is 5.95 Å². The average molecular weight is 340 g/mol. The SMILES string of the molecule is CN(C)CCCNc1cnnc(Nc2cccc(C(F)(F)F)c2)n1. The average Bonchev–Trinajstić information content (AvgIpc) is 2.51. The Balaban J connectivity index is 1.99. The highest BCUT2D eigenvalue weighted by molar-refractivity contribution is 5.55. The summed E-state index contributed by atoms with van der Waals surface area (Å²) in [5.74, 6) is 0.644. The zero-order valence-corrected chi connectivity index (χ0v) is 13.4. The number of aromatic nitrogens is 3. The number of hydrogen-bond donors (Lipinski definition) is 2. The molecular weight excluding hydrogens is 321 g/mol.